The van der Waals surface area contributed by atoms with Crippen molar-refractivity contribution in [3.05, 3.63) is 16.1 Å². The predicted octanol–water partition coefficient (Wildman–Crippen LogP) is 2.18. The van der Waals surface area contributed by atoms with Crippen LogP contribution < -0.4 is 5.32 Å². The number of nitrogens with zero attached hydrogens (tertiary/aromatic N) is 1. The van der Waals surface area contributed by atoms with Gasteiger partial charge in [-0.2, -0.15) is 0 Å². The van der Waals surface area contributed by atoms with Crippen molar-refractivity contribution in [1.82, 2.24) is 10.3 Å². The molecule has 0 atom stereocenters. The first-order valence-corrected chi connectivity index (χ1v) is 7.29. The molecule has 0 aliphatic rings. The standard InChI is InChI=1S/C13H20N2O3S/c1-9(2)10-8-19-12(15-10)6-7-14-11(16)4-3-5-13(17)18/h8-9H,3-7H2,1-2H3,(H,14,16)(H,17,18). The zero-order valence-corrected chi connectivity index (χ0v) is 12.1. The zero-order valence-electron chi connectivity index (χ0n) is 11.3. The summed E-state index contributed by atoms with van der Waals surface area (Å²) in [5.74, 6) is -0.533. The number of carboxylic acids is 1. The Bertz CT molecular complexity index is 429. The van der Waals surface area contributed by atoms with Gasteiger partial charge in [-0.1, -0.05) is 13.8 Å². The average molecular weight is 284 g/mol. The fourth-order valence-corrected chi connectivity index (χ4v) is 2.46. The van der Waals surface area contributed by atoms with Gasteiger partial charge in [-0.15, -0.1) is 11.3 Å². The van der Waals surface area contributed by atoms with Crippen LogP contribution in [0.3, 0.4) is 0 Å². The lowest BCUT2D eigenvalue weighted by Gasteiger charge is -2.03. The van der Waals surface area contributed by atoms with Crippen LogP contribution in [0.2, 0.25) is 0 Å². The molecule has 2 N–H and O–H groups in total. The van der Waals surface area contributed by atoms with E-state index in [2.05, 4.69) is 29.5 Å². The van der Waals surface area contributed by atoms with Crippen LogP contribution in [-0.2, 0) is 16.0 Å². The number of aliphatic carboxylic acids is 1. The number of amides is 1. The largest absolute Gasteiger partial charge is 0.481 e. The molecule has 1 aromatic rings. The lowest BCUT2D eigenvalue weighted by atomic mass is 10.2. The van der Waals surface area contributed by atoms with Crippen molar-refractivity contribution in [1.29, 1.82) is 0 Å². The normalized spacial score (nSPS) is 10.7. The van der Waals surface area contributed by atoms with Crippen molar-refractivity contribution in [2.24, 2.45) is 0 Å². The van der Waals surface area contributed by atoms with Crippen molar-refractivity contribution in [2.45, 2.75) is 45.4 Å². The van der Waals surface area contributed by atoms with Crippen LogP contribution in [0.15, 0.2) is 5.38 Å². The molecule has 19 heavy (non-hydrogen) atoms. The molecule has 6 heteroatoms. The first-order chi connectivity index (χ1) is 8.99. The maximum absolute atomic E-state index is 11.4. The van der Waals surface area contributed by atoms with Gasteiger partial charge in [0.25, 0.3) is 0 Å². The van der Waals surface area contributed by atoms with Crippen LogP contribution in [0.5, 0.6) is 0 Å². The molecule has 0 unspecified atom stereocenters. The maximum atomic E-state index is 11.4. The molecular weight excluding hydrogens is 264 g/mol. The smallest absolute Gasteiger partial charge is 0.303 e. The first kappa shape index (κ1) is 15.6. The van der Waals surface area contributed by atoms with Gasteiger partial charge in [0, 0.05) is 31.2 Å². The highest BCUT2D eigenvalue weighted by Crippen LogP contribution is 2.17. The van der Waals surface area contributed by atoms with Gasteiger partial charge < -0.3 is 10.4 Å². The zero-order chi connectivity index (χ0) is 14.3. The summed E-state index contributed by atoms with van der Waals surface area (Å²) in [6.07, 6.45) is 1.41. The van der Waals surface area contributed by atoms with Gasteiger partial charge in [0.1, 0.15) is 0 Å². The molecule has 5 nitrogen and oxygen atoms in total. The van der Waals surface area contributed by atoms with Crippen LogP contribution in [0.25, 0.3) is 0 Å². The number of thiazole rings is 1. The summed E-state index contributed by atoms with van der Waals surface area (Å²) >= 11 is 1.61. The number of hydrogen-bond acceptors (Lipinski definition) is 4. The van der Waals surface area contributed by atoms with Crippen molar-refractivity contribution < 1.29 is 14.7 Å². The number of carboxylic acid groups (broad SMARTS) is 1. The average Bonchev–Trinajstić information content (AvgIpc) is 2.77. The van der Waals surface area contributed by atoms with Crippen molar-refractivity contribution in [3.63, 3.8) is 0 Å². The summed E-state index contributed by atoms with van der Waals surface area (Å²) in [6, 6.07) is 0. The monoisotopic (exact) mass is 284 g/mol. The van der Waals surface area contributed by atoms with Crippen LogP contribution in [-0.4, -0.2) is 28.5 Å². The Morgan fingerprint density at radius 3 is 2.74 bits per heavy atom. The summed E-state index contributed by atoms with van der Waals surface area (Å²) in [7, 11) is 0. The SMILES string of the molecule is CC(C)c1csc(CCNC(=O)CCCC(=O)O)n1. The molecule has 0 aliphatic carbocycles. The number of carbonyl (C=O) groups is 2. The van der Waals surface area contributed by atoms with E-state index >= 15 is 0 Å². The van der Waals surface area contributed by atoms with E-state index in [1.807, 2.05) is 0 Å². The van der Waals surface area contributed by atoms with E-state index in [0.717, 1.165) is 17.1 Å². The molecule has 1 aromatic heterocycles. The van der Waals surface area contributed by atoms with Gasteiger partial charge in [0.15, 0.2) is 0 Å². The second-order valence-electron chi connectivity index (χ2n) is 4.67. The van der Waals surface area contributed by atoms with E-state index in [1.165, 1.54) is 0 Å². The van der Waals surface area contributed by atoms with Gasteiger partial charge in [-0.25, -0.2) is 4.98 Å². The molecule has 0 aliphatic heterocycles. The van der Waals surface area contributed by atoms with Gasteiger partial charge in [-0.05, 0) is 12.3 Å². The van der Waals surface area contributed by atoms with Crippen LogP contribution in [0.1, 0.15) is 49.7 Å². The molecule has 1 rings (SSSR count). The molecule has 1 amide bonds. The van der Waals surface area contributed by atoms with E-state index in [9.17, 15) is 9.59 Å². The number of aromatic nitrogens is 1. The number of nitrogens with one attached hydrogen (secondary N) is 1. The summed E-state index contributed by atoms with van der Waals surface area (Å²) in [4.78, 5) is 26.2. The number of hydrogen-bond donors (Lipinski definition) is 2. The van der Waals surface area contributed by atoms with Gasteiger partial charge in [0.2, 0.25) is 5.91 Å². The van der Waals surface area contributed by atoms with Crippen molar-refractivity contribution in [3.8, 4) is 0 Å². The van der Waals surface area contributed by atoms with Crippen LogP contribution in [0.4, 0.5) is 0 Å². The lowest BCUT2D eigenvalue weighted by Crippen LogP contribution is -2.25. The minimum absolute atomic E-state index is 0.0393. The fourth-order valence-electron chi connectivity index (χ4n) is 1.50. The van der Waals surface area contributed by atoms with Crippen molar-refractivity contribution >= 4 is 23.2 Å². The Balaban J connectivity index is 2.18. The third kappa shape index (κ3) is 6.33. The van der Waals surface area contributed by atoms with Crippen LogP contribution in [0, 0.1) is 0 Å². The topological polar surface area (TPSA) is 79.3 Å². The summed E-state index contributed by atoms with van der Waals surface area (Å²) < 4.78 is 0. The molecule has 0 radical (unpaired) electrons. The first-order valence-electron chi connectivity index (χ1n) is 6.42. The Hall–Kier alpha value is -1.43. The molecule has 1 heterocycles. The third-order valence-electron chi connectivity index (χ3n) is 2.62. The highest BCUT2D eigenvalue weighted by molar-refractivity contribution is 7.09. The minimum atomic E-state index is -0.864. The molecular formula is C13H20N2O3S. The molecule has 0 fully saturated rings. The number of rotatable bonds is 8. The van der Waals surface area contributed by atoms with E-state index in [1.54, 1.807) is 11.3 Å². The van der Waals surface area contributed by atoms with Gasteiger partial charge in [0.05, 0.1) is 10.7 Å². The molecule has 0 saturated heterocycles. The molecule has 0 bridgehead atoms. The Morgan fingerprint density at radius 1 is 1.42 bits per heavy atom. The third-order valence-corrected chi connectivity index (χ3v) is 3.54. The van der Waals surface area contributed by atoms with E-state index in [-0.39, 0.29) is 18.7 Å². The van der Waals surface area contributed by atoms with E-state index in [4.69, 9.17) is 5.11 Å². The van der Waals surface area contributed by atoms with E-state index in [0.29, 0.717) is 18.9 Å². The highest BCUT2D eigenvalue weighted by Gasteiger charge is 2.07. The Morgan fingerprint density at radius 2 is 2.16 bits per heavy atom. The Kier molecular flexibility index (Phi) is 6.49. The summed E-state index contributed by atoms with van der Waals surface area (Å²) in [5, 5.41) is 14.3. The maximum Gasteiger partial charge on any atom is 0.303 e. The Labute approximate surface area is 117 Å². The van der Waals surface area contributed by atoms with Crippen molar-refractivity contribution in [2.75, 3.05) is 6.54 Å². The lowest BCUT2D eigenvalue weighted by molar-refractivity contribution is -0.137. The predicted molar refractivity (Wildman–Crippen MR) is 74.4 cm³/mol. The molecule has 106 valence electrons. The van der Waals surface area contributed by atoms with Gasteiger partial charge in [-0.3, -0.25) is 9.59 Å². The van der Waals surface area contributed by atoms with Crippen LogP contribution >= 0.6 is 11.3 Å². The second kappa shape index (κ2) is 7.89. The number of carbonyl (C=O) groups excluding carboxylic acids is 1. The molecule has 0 spiro atoms. The molecule has 0 aromatic carbocycles. The second-order valence-corrected chi connectivity index (χ2v) is 5.61. The highest BCUT2D eigenvalue weighted by atomic mass is 32.1. The summed E-state index contributed by atoms with van der Waals surface area (Å²) in [6.45, 7) is 4.75. The quantitative estimate of drug-likeness (QED) is 0.767. The minimum Gasteiger partial charge on any atom is -0.481 e. The van der Waals surface area contributed by atoms with E-state index < -0.39 is 5.97 Å². The summed E-state index contributed by atoms with van der Waals surface area (Å²) in [5.41, 5.74) is 1.09. The molecule has 0 saturated carbocycles. The van der Waals surface area contributed by atoms with Gasteiger partial charge >= 0.3 is 5.97 Å². The fraction of sp³-hybridized carbons (Fsp3) is 0.615.